The maximum Gasteiger partial charge on any atom is 0.231 e. The van der Waals surface area contributed by atoms with Crippen LogP contribution in [-0.2, 0) is 0 Å². The molecule has 0 saturated carbocycles. The van der Waals surface area contributed by atoms with Gasteiger partial charge in [0, 0.05) is 17.8 Å². The van der Waals surface area contributed by atoms with Gasteiger partial charge in [0.1, 0.15) is 0 Å². The van der Waals surface area contributed by atoms with Crippen molar-refractivity contribution in [1.29, 1.82) is 0 Å². The van der Waals surface area contributed by atoms with E-state index >= 15 is 0 Å². The molecule has 0 unspecified atom stereocenters. The molecule has 3 aromatic rings. The van der Waals surface area contributed by atoms with Crippen LogP contribution in [0.4, 0.5) is 0 Å². The summed E-state index contributed by atoms with van der Waals surface area (Å²) in [6, 6.07) is 9.78. The number of aryl methyl sites for hydroxylation is 1. The fourth-order valence-corrected chi connectivity index (χ4v) is 2.28. The predicted molar refractivity (Wildman–Crippen MR) is 69.3 cm³/mol. The zero-order valence-corrected chi connectivity index (χ0v) is 10.3. The first-order chi connectivity index (χ1) is 9.31. The molecule has 1 aliphatic rings. The lowest BCUT2D eigenvalue weighted by Gasteiger charge is -2.05. The van der Waals surface area contributed by atoms with Crippen molar-refractivity contribution in [3.05, 3.63) is 42.2 Å². The molecule has 0 bridgehead atoms. The molecule has 2 aromatic heterocycles. The summed E-state index contributed by atoms with van der Waals surface area (Å²) in [5.41, 5.74) is 3.80. The number of fused-ring (bicyclic) bond motifs is 2. The van der Waals surface area contributed by atoms with Crippen LogP contribution in [0.3, 0.4) is 0 Å². The van der Waals surface area contributed by atoms with Crippen LogP contribution in [0.15, 0.2) is 36.5 Å². The Hall–Kier alpha value is -2.56. The lowest BCUT2D eigenvalue weighted by Crippen LogP contribution is -1.95. The van der Waals surface area contributed by atoms with Crippen molar-refractivity contribution in [2.24, 2.45) is 0 Å². The Morgan fingerprint density at radius 2 is 2.00 bits per heavy atom. The van der Waals surface area contributed by atoms with Crippen molar-refractivity contribution in [2.75, 3.05) is 6.79 Å². The lowest BCUT2D eigenvalue weighted by atomic mass is 10.1. The van der Waals surface area contributed by atoms with Crippen molar-refractivity contribution in [3.8, 4) is 22.8 Å². The Bertz CT molecular complexity index is 779. The normalized spacial score (nSPS) is 13.1. The third kappa shape index (κ3) is 1.55. The van der Waals surface area contributed by atoms with E-state index in [1.165, 1.54) is 0 Å². The van der Waals surface area contributed by atoms with Crippen LogP contribution in [0.5, 0.6) is 11.5 Å². The highest BCUT2D eigenvalue weighted by Gasteiger charge is 2.15. The van der Waals surface area contributed by atoms with Crippen molar-refractivity contribution in [2.45, 2.75) is 6.92 Å². The van der Waals surface area contributed by atoms with E-state index in [0.717, 1.165) is 34.1 Å². The smallest absolute Gasteiger partial charge is 0.231 e. The molecular formula is C14H11N3O2. The number of rotatable bonds is 1. The number of hydrogen-bond acceptors (Lipinski definition) is 4. The summed E-state index contributed by atoms with van der Waals surface area (Å²) >= 11 is 0. The predicted octanol–water partition coefficient (Wildman–Crippen LogP) is 2.43. The summed E-state index contributed by atoms with van der Waals surface area (Å²) in [4.78, 5) is 4.31. The minimum Gasteiger partial charge on any atom is -0.454 e. The monoisotopic (exact) mass is 253 g/mol. The molecule has 0 radical (unpaired) electrons. The van der Waals surface area contributed by atoms with Gasteiger partial charge in [0.15, 0.2) is 17.1 Å². The Labute approximate surface area is 109 Å². The fourth-order valence-electron chi connectivity index (χ4n) is 2.28. The number of ether oxygens (including phenoxy) is 2. The second kappa shape index (κ2) is 3.71. The summed E-state index contributed by atoms with van der Waals surface area (Å²) in [6.07, 6.45) is 1.79. The number of benzene rings is 1. The van der Waals surface area contributed by atoms with Crippen molar-refractivity contribution in [3.63, 3.8) is 0 Å². The van der Waals surface area contributed by atoms with Crippen molar-refractivity contribution < 1.29 is 9.47 Å². The van der Waals surface area contributed by atoms with E-state index in [2.05, 4.69) is 10.1 Å². The molecule has 1 aromatic carbocycles. The maximum absolute atomic E-state index is 5.41. The fraction of sp³-hybridized carbons (Fsp3) is 0.143. The van der Waals surface area contributed by atoms with Gasteiger partial charge in [-0.25, -0.2) is 9.50 Å². The minimum absolute atomic E-state index is 0.283. The van der Waals surface area contributed by atoms with Crippen LogP contribution in [0.1, 0.15) is 5.69 Å². The van der Waals surface area contributed by atoms with Crippen LogP contribution < -0.4 is 9.47 Å². The third-order valence-corrected chi connectivity index (χ3v) is 3.15. The highest BCUT2D eigenvalue weighted by atomic mass is 16.7. The van der Waals surface area contributed by atoms with Gasteiger partial charge in [0.05, 0.1) is 11.4 Å². The van der Waals surface area contributed by atoms with Gasteiger partial charge in [-0.05, 0) is 31.2 Å². The zero-order chi connectivity index (χ0) is 12.8. The lowest BCUT2D eigenvalue weighted by molar-refractivity contribution is 0.174. The molecule has 0 N–H and O–H groups in total. The van der Waals surface area contributed by atoms with Gasteiger partial charge in [0.2, 0.25) is 6.79 Å². The molecule has 0 fully saturated rings. The first-order valence-corrected chi connectivity index (χ1v) is 6.03. The van der Waals surface area contributed by atoms with Crippen LogP contribution in [-0.4, -0.2) is 21.4 Å². The SMILES string of the molecule is Cc1cc2nccc(-c3ccc4c(c3)OCO4)n2n1. The van der Waals surface area contributed by atoms with E-state index < -0.39 is 0 Å². The van der Waals surface area contributed by atoms with E-state index in [4.69, 9.17) is 9.47 Å². The van der Waals surface area contributed by atoms with Crippen LogP contribution in [0.25, 0.3) is 16.9 Å². The van der Waals surface area contributed by atoms with Gasteiger partial charge in [-0.1, -0.05) is 0 Å². The van der Waals surface area contributed by atoms with Gasteiger partial charge in [-0.15, -0.1) is 0 Å². The molecule has 4 rings (SSSR count). The second-order valence-corrected chi connectivity index (χ2v) is 4.45. The first-order valence-electron chi connectivity index (χ1n) is 6.03. The van der Waals surface area contributed by atoms with Crippen LogP contribution in [0.2, 0.25) is 0 Å². The van der Waals surface area contributed by atoms with E-state index in [1.54, 1.807) is 6.20 Å². The van der Waals surface area contributed by atoms with Gasteiger partial charge in [-0.2, -0.15) is 5.10 Å². The first kappa shape index (κ1) is 10.4. The van der Waals surface area contributed by atoms with E-state index in [9.17, 15) is 0 Å². The third-order valence-electron chi connectivity index (χ3n) is 3.15. The molecule has 0 atom stereocenters. The zero-order valence-electron chi connectivity index (χ0n) is 10.3. The van der Waals surface area contributed by atoms with Gasteiger partial charge in [0.25, 0.3) is 0 Å². The molecule has 1 aliphatic heterocycles. The molecule has 0 spiro atoms. The molecular weight excluding hydrogens is 242 g/mol. The second-order valence-electron chi connectivity index (χ2n) is 4.45. The quantitative estimate of drug-likeness (QED) is 0.668. The van der Waals surface area contributed by atoms with E-state index in [1.807, 2.05) is 41.8 Å². The molecule has 0 saturated heterocycles. The Morgan fingerprint density at radius 1 is 1.11 bits per heavy atom. The van der Waals surface area contributed by atoms with Crippen LogP contribution in [0, 0.1) is 6.92 Å². The van der Waals surface area contributed by atoms with E-state index in [0.29, 0.717) is 0 Å². The number of nitrogens with zero attached hydrogens (tertiary/aromatic N) is 3. The van der Waals surface area contributed by atoms with E-state index in [-0.39, 0.29) is 6.79 Å². The summed E-state index contributed by atoms with van der Waals surface area (Å²) in [5, 5.41) is 4.47. The molecule has 94 valence electrons. The Balaban J connectivity index is 1.94. The average Bonchev–Trinajstić information content (AvgIpc) is 3.01. The highest BCUT2D eigenvalue weighted by Crippen LogP contribution is 2.35. The maximum atomic E-state index is 5.41. The highest BCUT2D eigenvalue weighted by molar-refractivity contribution is 5.66. The summed E-state index contributed by atoms with van der Waals surface area (Å²) < 4.78 is 12.6. The summed E-state index contributed by atoms with van der Waals surface area (Å²) in [7, 11) is 0. The average molecular weight is 253 g/mol. The number of hydrogen-bond donors (Lipinski definition) is 0. The summed E-state index contributed by atoms with van der Waals surface area (Å²) in [5.74, 6) is 1.55. The minimum atomic E-state index is 0.283. The topological polar surface area (TPSA) is 48.7 Å². The van der Waals surface area contributed by atoms with Crippen molar-refractivity contribution in [1.82, 2.24) is 14.6 Å². The molecule has 0 amide bonds. The van der Waals surface area contributed by atoms with Crippen LogP contribution >= 0.6 is 0 Å². The van der Waals surface area contributed by atoms with Gasteiger partial charge in [-0.3, -0.25) is 0 Å². The Morgan fingerprint density at radius 3 is 2.95 bits per heavy atom. The largest absolute Gasteiger partial charge is 0.454 e. The summed E-state index contributed by atoms with van der Waals surface area (Å²) in [6.45, 7) is 2.24. The molecule has 0 aliphatic carbocycles. The van der Waals surface area contributed by atoms with Crippen molar-refractivity contribution >= 4 is 5.65 Å². The molecule has 19 heavy (non-hydrogen) atoms. The number of aromatic nitrogens is 3. The van der Waals surface area contributed by atoms with Gasteiger partial charge >= 0.3 is 0 Å². The molecule has 3 heterocycles. The molecule has 5 nitrogen and oxygen atoms in total. The Kier molecular flexibility index (Phi) is 2.03. The standard InChI is InChI=1S/C14H11N3O2/c1-9-6-14-15-5-4-11(17(14)16-9)10-2-3-12-13(7-10)19-8-18-12/h2-7H,8H2,1H3. The molecule has 5 heteroatoms. The van der Waals surface area contributed by atoms with Gasteiger partial charge < -0.3 is 9.47 Å².